The number of nitrogens with one attached hydrogen (secondary N) is 1. The Kier molecular flexibility index (Phi) is 6.24. The molecule has 0 aromatic heterocycles. The van der Waals surface area contributed by atoms with Gasteiger partial charge in [-0.25, -0.2) is 0 Å². The fraction of sp³-hybridized carbons (Fsp3) is 0.650. The highest BCUT2D eigenvalue weighted by atomic mass is 35.5. The second kappa shape index (κ2) is 8.41. The molecule has 2 aliphatic rings. The first-order valence-electron chi connectivity index (χ1n) is 9.56. The molecule has 0 unspecified atom stereocenters. The van der Waals surface area contributed by atoms with E-state index in [1.165, 1.54) is 30.5 Å². The lowest BCUT2D eigenvalue weighted by Gasteiger charge is -2.37. The summed E-state index contributed by atoms with van der Waals surface area (Å²) in [5.41, 5.74) is 2.47. The van der Waals surface area contributed by atoms with Gasteiger partial charge in [-0.15, -0.1) is 0 Å². The normalized spacial score (nSPS) is 25.0. The fourth-order valence-corrected chi connectivity index (χ4v) is 4.22. The molecular formula is C20H30ClN3O. The Balaban J connectivity index is 1.47. The Bertz CT molecular complexity index is 599. The van der Waals surface area contributed by atoms with Gasteiger partial charge in [0, 0.05) is 42.9 Å². The Morgan fingerprint density at radius 3 is 2.64 bits per heavy atom. The fourth-order valence-electron chi connectivity index (χ4n) is 4.06. The van der Waals surface area contributed by atoms with Crippen molar-refractivity contribution >= 4 is 23.2 Å². The molecule has 1 aliphatic carbocycles. The lowest BCUT2D eigenvalue weighted by Crippen LogP contribution is -2.51. The summed E-state index contributed by atoms with van der Waals surface area (Å²) >= 11 is 6.15. The third-order valence-electron chi connectivity index (χ3n) is 5.71. The minimum atomic E-state index is 0.186. The number of hydrogen-bond donors (Lipinski definition) is 1. The van der Waals surface area contributed by atoms with E-state index in [1.807, 2.05) is 12.1 Å². The van der Waals surface area contributed by atoms with Gasteiger partial charge in [0.25, 0.3) is 0 Å². The summed E-state index contributed by atoms with van der Waals surface area (Å²) in [5, 5.41) is 4.05. The van der Waals surface area contributed by atoms with Gasteiger partial charge in [0.2, 0.25) is 5.91 Å². The van der Waals surface area contributed by atoms with Crippen molar-refractivity contribution in [3.8, 4) is 0 Å². The van der Waals surface area contributed by atoms with Gasteiger partial charge in [-0.3, -0.25) is 9.69 Å². The second-order valence-corrected chi connectivity index (χ2v) is 8.07. The lowest BCUT2D eigenvalue weighted by atomic mass is 9.86. The topological polar surface area (TPSA) is 35.6 Å². The first-order chi connectivity index (χ1) is 12.0. The molecule has 1 heterocycles. The summed E-state index contributed by atoms with van der Waals surface area (Å²) in [6, 6.07) is 6.43. The third-order valence-corrected chi connectivity index (χ3v) is 5.94. The average Bonchev–Trinajstić information content (AvgIpc) is 2.60. The largest absolute Gasteiger partial charge is 0.369 e. The van der Waals surface area contributed by atoms with Crippen LogP contribution in [0.5, 0.6) is 0 Å². The first-order valence-corrected chi connectivity index (χ1v) is 9.93. The van der Waals surface area contributed by atoms with Gasteiger partial charge in [-0.05, 0) is 43.4 Å². The molecule has 25 heavy (non-hydrogen) atoms. The maximum Gasteiger partial charge on any atom is 0.234 e. The maximum absolute atomic E-state index is 12.4. The molecule has 1 aliphatic heterocycles. The van der Waals surface area contributed by atoms with E-state index >= 15 is 0 Å². The van der Waals surface area contributed by atoms with Crippen molar-refractivity contribution < 1.29 is 4.79 Å². The maximum atomic E-state index is 12.4. The van der Waals surface area contributed by atoms with Crippen molar-refractivity contribution in [2.24, 2.45) is 5.92 Å². The van der Waals surface area contributed by atoms with E-state index in [2.05, 4.69) is 35.0 Å². The van der Waals surface area contributed by atoms with Crippen LogP contribution in [-0.2, 0) is 4.79 Å². The number of carbonyl (C=O) groups excluding carboxylic acids is 1. The monoisotopic (exact) mass is 363 g/mol. The summed E-state index contributed by atoms with van der Waals surface area (Å²) in [5.74, 6) is 0.798. The van der Waals surface area contributed by atoms with Gasteiger partial charge in [-0.1, -0.05) is 37.4 Å². The molecule has 2 fully saturated rings. The number of benzene rings is 1. The van der Waals surface area contributed by atoms with E-state index in [9.17, 15) is 4.79 Å². The SMILES string of the molecule is Cc1ccc(Cl)cc1N1CCN(CC(=O)N[C@H]2CCCC[C@@H]2C)CC1. The van der Waals surface area contributed by atoms with Crippen LogP contribution in [-0.4, -0.2) is 49.6 Å². The molecule has 1 aromatic carbocycles. The molecular weight excluding hydrogens is 334 g/mol. The summed E-state index contributed by atoms with van der Waals surface area (Å²) in [6.07, 6.45) is 4.92. The molecule has 4 nitrogen and oxygen atoms in total. The van der Waals surface area contributed by atoms with Crippen LogP contribution in [0, 0.1) is 12.8 Å². The Labute approximate surface area is 156 Å². The zero-order valence-electron chi connectivity index (χ0n) is 15.4. The highest BCUT2D eigenvalue weighted by molar-refractivity contribution is 6.30. The first kappa shape index (κ1) is 18.5. The molecule has 1 aromatic rings. The van der Waals surface area contributed by atoms with E-state index in [0.717, 1.165) is 37.6 Å². The molecule has 2 atom stereocenters. The van der Waals surface area contributed by atoms with Gasteiger partial charge in [-0.2, -0.15) is 0 Å². The molecule has 0 spiro atoms. The molecule has 3 rings (SSSR count). The second-order valence-electron chi connectivity index (χ2n) is 7.63. The van der Waals surface area contributed by atoms with Crippen molar-refractivity contribution in [1.82, 2.24) is 10.2 Å². The summed E-state index contributed by atoms with van der Waals surface area (Å²) < 4.78 is 0. The van der Waals surface area contributed by atoms with Gasteiger partial charge in [0.05, 0.1) is 6.54 Å². The summed E-state index contributed by atoms with van der Waals surface area (Å²) in [7, 11) is 0. The number of amides is 1. The Morgan fingerprint density at radius 2 is 1.92 bits per heavy atom. The molecule has 1 saturated heterocycles. The summed E-state index contributed by atoms with van der Waals surface area (Å²) in [6.45, 7) is 8.61. The predicted octanol–water partition coefficient (Wildman–Crippen LogP) is 3.47. The Hall–Kier alpha value is -1.26. The van der Waals surface area contributed by atoms with Crippen molar-refractivity contribution in [3.63, 3.8) is 0 Å². The van der Waals surface area contributed by atoms with Crippen LogP contribution >= 0.6 is 11.6 Å². The van der Waals surface area contributed by atoms with E-state index in [0.29, 0.717) is 18.5 Å². The van der Waals surface area contributed by atoms with Crippen molar-refractivity contribution in [2.75, 3.05) is 37.6 Å². The highest BCUT2D eigenvalue weighted by Gasteiger charge is 2.25. The quantitative estimate of drug-likeness (QED) is 0.889. The van der Waals surface area contributed by atoms with Gasteiger partial charge in [0.1, 0.15) is 0 Å². The number of halogens is 1. The molecule has 0 radical (unpaired) electrons. The van der Waals surface area contributed by atoms with Crippen LogP contribution in [0.15, 0.2) is 18.2 Å². The smallest absolute Gasteiger partial charge is 0.234 e. The molecule has 1 amide bonds. The van der Waals surface area contributed by atoms with Crippen molar-refractivity contribution in [2.45, 2.75) is 45.6 Å². The standard InChI is InChI=1S/C20H30ClN3O/c1-15-5-3-4-6-18(15)22-20(25)14-23-9-11-24(12-10-23)19-13-17(21)8-7-16(19)2/h7-8,13,15,18H,3-6,9-12,14H2,1-2H3,(H,22,25)/t15-,18-/m0/s1. The molecule has 5 heteroatoms. The van der Waals surface area contributed by atoms with Crippen molar-refractivity contribution in [1.29, 1.82) is 0 Å². The van der Waals surface area contributed by atoms with E-state index in [4.69, 9.17) is 11.6 Å². The molecule has 1 N–H and O–H groups in total. The van der Waals surface area contributed by atoms with Gasteiger partial charge < -0.3 is 10.2 Å². The van der Waals surface area contributed by atoms with Crippen LogP contribution in [0.3, 0.4) is 0 Å². The molecule has 1 saturated carbocycles. The molecule has 0 bridgehead atoms. The number of piperazine rings is 1. The predicted molar refractivity (Wildman–Crippen MR) is 104 cm³/mol. The van der Waals surface area contributed by atoms with E-state index < -0.39 is 0 Å². The van der Waals surface area contributed by atoms with Crippen LogP contribution < -0.4 is 10.2 Å². The van der Waals surface area contributed by atoms with Crippen LogP contribution in [0.2, 0.25) is 5.02 Å². The number of anilines is 1. The minimum Gasteiger partial charge on any atom is -0.369 e. The van der Waals surface area contributed by atoms with Gasteiger partial charge >= 0.3 is 0 Å². The zero-order chi connectivity index (χ0) is 17.8. The van der Waals surface area contributed by atoms with Gasteiger partial charge in [0.15, 0.2) is 0 Å². The average molecular weight is 364 g/mol. The number of aryl methyl sites for hydroxylation is 1. The van der Waals surface area contributed by atoms with E-state index in [1.54, 1.807) is 0 Å². The Morgan fingerprint density at radius 1 is 1.20 bits per heavy atom. The van der Waals surface area contributed by atoms with E-state index in [-0.39, 0.29) is 5.91 Å². The highest BCUT2D eigenvalue weighted by Crippen LogP contribution is 2.26. The van der Waals surface area contributed by atoms with Crippen LogP contribution in [0.1, 0.15) is 38.2 Å². The lowest BCUT2D eigenvalue weighted by molar-refractivity contribution is -0.123. The number of hydrogen-bond acceptors (Lipinski definition) is 3. The minimum absolute atomic E-state index is 0.186. The summed E-state index contributed by atoms with van der Waals surface area (Å²) in [4.78, 5) is 17.0. The number of nitrogens with zero attached hydrogens (tertiary/aromatic N) is 2. The number of carbonyl (C=O) groups is 1. The zero-order valence-corrected chi connectivity index (χ0v) is 16.2. The van der Waals surface area contributed by atoms with Crippen LogP contribution in [0.25, 0.3) is 0 Å². The molecule has 138 valence electrons. The number of rotatable bonds is 4. The third kappa shape index (κ3) is 4.89. The van der Waals surface area contributed by atoms with Crippen LogP contribution in [0.4, 0.5) is 5.69 Å². The van der Waals surface area contributed by atoms with Crippen molar-refractivity contribution in [3.05, 3.63) is 28.8 Å².